The zero-order valence-electron chi connectivity index (χ0n) is 13.1. The molecule has 0 spiro atoms. The molecule has 0 aliphatic carbocycles. The molecule has 0 fully saturated rings. The van der Waals surface area contributed by atoms with Crippen LogP contribution in [0.3, 0.4) is 0 Å². The zero-order valence-corrected chi connectivity index (χ0v) is 13.1. The number of aryl methyl sites for hydroxylation is 2. The first-order valence-corrected chi connectivity index (χ1v) is 7.77. The first kappa shape index (κ1) is 14.6. The Morgan fingerprint density at radius 2 is 1.45 bits per heavy atom. The Labute approximate surface area is 130 Å². The fourth-order valence-corrected chi connectivity index (χ4v) is 3.17. The normalized spacial score (nSPS) is 11.0. The molecule has 0 aliphatic rings. The molecule has 0 amide bonds. The molecular weight excluding hydrogens is 272 g/mol. The molecular formula is C20H20O2. The summed E-state index contributed by atoms with van der Waals surface area (Å²) in [7, 11) is 0. The fourth-order valence-electron chi connectivity index (χ4n) is 3.17. The number of ether oxygens (including phenoxy) is 1. The van der Waals surface area contributed by atoms with Gasteiger partial charge in [-0.1, -0.05) is 48.5 Å². The highest BCUT2D eigenvalue weighted by molar-refractivity contribution is 6.10. The van der Waals surface area contributed by atoms with Crippen LogP contribution in [-0.4, -0.2) is 12.6 Å². The molecule has 2 nitrogen and oxygen atoms in total. The molecule has 0 aromatic heterocycles. The first-order valence-electron chi connectivity index (χ1n) is 7.77. The second-order valence-corrected chi connectivity index (χ2v) is 5.50. The van der Waals surface area contributed by atoms with Crippen LogP contribution in [0.15, 0.2) is 48.5 Å². The summed E-state index contributed by atoms with van der Waals surface area (Å²) in [6, 6.07) is 16.9. The lowest BCUT2D eigenvalue weighted by Crippen LogP contribution is -2.06. The molecule has 0 radical (unpaired) electrons. The largest absolute Gasteiger partial charge is 0.466 e. The van der Waals surface area contributed by atoms with Gasteiger partial charge in [0, 0.05) is 6.42 Å². The summed E-state index contributed by atoms with van der Waals surface area (Å²) in [5.41, 5.74) is 2.51. The minimum Gasteiger partial charge on any atom is -0.466 e. The molecule has 0 saturated carbocycles. The van der Waals surface area contributed by atoms with Crippen LogP contribution < -0.4 is 0 Å². The first-order chi connectivity index (χ1) is 10.7. The molecule has 2 heteroatoms. The van der Waals surface area contributed by atoms with Crippen molar-refractivity contribution in [1.29, 1.82) is 0 Å². The molecule has 0 heterocycles. The van der Waals surface area contributed by atoms with Gasteiger partial charge in [-0.25, -0.2) is 0 Å². The highest BCUT2D eigenvalue weighted by Gasteiger charge is 2.12. The SMILES string of the molecule is CCOC(=O)CCc1c(C)c2ccccc2c2ccccc12. The van der Waals surface area contributed by atoms with Crippen molar-refractivity contribution in [3.8, 4) is 0 Å². The van der Waals surface area contributed by atoms with Gasteiger partial charge < -0.3 is 4.74 Å². The smallest absolute Gasteiger partial charge is 0.306 e. The van der Waals surface area contributed by atoms with Crippen LogP contribution in [0.1, 0.15) is 24.5 Å². The summed E-state index contributed by atoms with van der Waals surface area (Å²) in [5.74, 6) is -0.126. The minimum atomic E-state index is -0.126. The van der Waals surface area contributed by atoms with Gasteiger partial charge in [-0.2, -0.15) is 0 Å². The van der Waals surface area contributed by atoms with Crippen molar-refractivity contribution < 1.29 is 9.53 Å². The summed E-state index contributed by atoms with van der Waals surface area (Å²) in [4.78, 5) is 11.7. The summed E-state index contributed by atoms with van der Waals surface area (Å²) in [5, 5.41) is 5.03. The van der Waals surface area contributed by atoms with Crippen molar-refractivity contribution >= 4 is 27.5 Å². The standard InChI is InChI=1S/C20H20O2/c1-3-22-20(21)13-12-16-14(2)15-8-4-5-9-17(15)19-11-7-6-10-18(16)19/h4-11H,3,12-13H2,1-2H3. The Kier molecular flexibility index (Phi) is 4.10. The van der Waals surface area contributed by atoms with E-state index in [1.54, 1.807) is 0 Å². The Balaban J connectivity index is 2.14. The Morgan fingerprint density at radius 3 is 2.09 bits per heavy atom. The van der Waals surface area contributed by atoms with E-state index in [2.05, 4.69) is 55.5 Å². The van der Waals surface area contributed by atoms with Gasteiger partial charge in [0.2, 0.25) is 0 Å². The van der Waals surface area contributed by atoms with Crippen molar-refractivity contribution in [1.82, 2.24) is 0 Å². The Hall–Kier alpha value is -2.35. The molecule has 0 N–H and O–H groups in total. The van der Waals surface area contributed by atoms with E-state index >= 15 is 0 Å². The number of carbonyl (C=O) groups is 1. The molecule has 0 bridgehead atoms. The van der Waals surface area contributed by atoms with E-state index in [9.17, 15) is 4.79 Å². The minimum absolute atomic E-state index is 0.126. The molecule has 3 aromatic carbocycles. The van der Waals surface area contributed by atoms with Crippen LogP contribution in [0.4, 0.5) is 0 Å². The molecule has 112 valence electrons. The van der Waals surface area contributed by atoms with Crippen LogP contribution in [-0.2, 0) is 16.0 Å². The van der Waals surface area contributed by atoms with Gasteiger partial charge in [-0.3, -0.25) is 4.79 Å². The van der Waals surface area contributed by atoms with E-state index in [0.717, 1.165) is 6.42 Å². The number of carbonyl (C=O) groups excluding carboxylic acids is 1. The van der Waals surface area contributed by atoms with Gasteiger partial charge in [0.25, 0.3) is 0 Å². The van der Waals surface area contributed by atoms with E-state index in [4.69, 9.17) is 4.74 Å². The monoisotopic (exact) mass is 292 g/mol. The quantitative estimate of drug-likeness (QED) is 0.510. The number of esters is 1. The van der Waals surface area contributed by atoms with Gasteiger partial charge in [-0.05, 0) is 52.9 Å². The summed E-state index contributed by atoms with van der Waals surface area (Å²) >= 11 is 0. The predicted octanol–water partition coefficient (Wildman–Crippen LogP) is 4.80. The lowest BCUT2D eigenvalue weighted by Gasteiger charge is -2.14. The maximum absolute atomic E-state index is 11.7. The lowest BCUT2D eigenvalue weighted by atomic mass is 9.90. The van der Waals surface area contributed by atoms with Gasteiger partial charge in [0.15, 0.2) is 0 Å². The van der Waals surface area contributed by atoms with Crippen molar-refractivity contribution in [3.05, 3.63) is 59.7 Å². The topological polar surface area (TPSA) is 26.3 Å². The average molecular weight is 292 g/mol. The van der Waals surface area contributed by atoms with Crippen LogP contribution in [0.2, 0.25) is 0 Å². The maximum Gasteiger partial charge on any atom is 0.306 e. The van der Waals surface area contributed by atoms with Crippen molar-refractivity contribution in [2.45, 2.75) is 26.7 Å². The van der Waals surface area contributed by atoms with Crippen LogP contribution in [0.5, 0.6) is 0 Å². The maximum atomic E-state index is 11.7. The van der Waals surface area contributed by atoms with Crippen LogP contribution in [0.25, 0.3) is 21.5 Å². The van der Waals surface area contributed by atoms with Gasteiger partial charge in [0.05, 0.1) is 6.61 Å². The third kappa shape index (κ3) is 2.57. The second kappa shape index (κ2) is 6.18. The Morgan fingerprint density at radius 1 is 0.909 bits per heavy atom. The predicted molar refractivity (Wildman–Crippen MR) is 91.1 cm³/mol. The Bertz CT molecular complexity index is 834. The van der Waals surface area contributed by atoms with E-state index in [0.29, 0.717) is 13.0 Å². The van der Waals surface area contributed by atoms with E-state index in [1.165, 1.54) is 32.7 Å². The van der Waals surface area contributed by atoms with E-state index in [1.807, 2.05) is 6.92 Å². The molecule has 3 rings (SSSR count). The molecule has 0 aliphatic heterocycles. The number of fused-ring (bicyclic) bond motifs is 3. The van der Waals surface area contributed by atoms with Gasteiger partial charge >= 0.3 is 5.97 Å². The molecule has 0 saturated heterocycles. The third-order valence-electron chi connectivity index (χ3n) is 4.21. The zero-order chi connectivity index (χ0) is 15.5. The van der Waals surface area contributed by atoms with E-state index < -0.39 is 0 Å². The van der Waals surface area contributed by atoms with Crippen molar-refractivity contribution in [2.24, 2.45) is 0 Å². The van der Waals surface area contributed by atoms with Crippen LogP contribution in [0, 0.1) is 6.92 Å². The highest BCUT2D eigenvalue weighted by Crippen LogP contribution is 2.33. The fraction of sp³-hybridized carbons (Fsp3) is 0.250. The molecule has 22 heavy (non-hydrogen) atoms. The summed E-state index contributed by atoms with van der Waals surface area (Å²) < 4.78 is 5.06. The third-order valence-corrected chi connectivity index (χ3v) is 4.21. The molecule has 3 aromatic rings. The van der Waals surface area contributed by atoms with Gasteiger partial charge in [-0.15, -0.1) is 0 Å². The number of rotatable bonds is 4. The summed E-state index contributed by atoms with van der Waals surface area (Å²) in [6.07, 6.45) is 1.15. The van der Waals surface area contributed by atoms with E-state index in [-0.39, 0.29) is 5.97 Å². The summed E-state index contributed by atoms with van der Waals surface area (Å²) in [6.45, 7) is 4.43. The number of hydrogen-bond acceptors (Lipinski definition) is 2. The van der Waals surface area contributed by atoms with Gasteiger partial charge in [0.1, 0.15) is 0 Å². The number of hydrogen-bond donors (Lipinski definition) is 0. The second-order valence-electron chi connectivity index (χ2n) is 5.50. The van der Waals surface area contributed by atoms with Crippen molar-refractivity contribution in [3.63, 3.8) is 0 Å². The lowest BCUT2D eigenvalue weighted by molar-refractivity contribution is -0.143. The van der Waals surface area contributed by atoms with Crippen LogP contribution >= 0.6 is 0 Å². The highest BCUT2D eigenvalue weighted by atomic mass is 16.5. The molecule has 0 atom stereocenters. The van der Waals surface area contributed by atoms with Crippen molar-refractivity contribution in [2.75, 3.05) is 6.61 Å². The molecule has 0 unspecified atom stereocenters. The average Bonchev–Trinajstić information content (AvgIpc) is 2.55. The number of benzene rings is 3.